The Labute approximate surface area is 307 Å². The fourth-order valence-electron chi connectivity index (χ4n) is 6.55. The van der Waals surface area contributed by atoms with Crippen molar-refractivity contribution < 1.29 is 28.7 Å². The second-order valence-corrected chi connectivity index (χ2v) is 12.5. The van der Waals surface area contributed by atoms with E-state index >= 15 is 0 Å². The van der Waals surface area contributed by atoms with Crippen molar-refractivity contribution in [3.05, 3.63) is 174 Å². The molecule has 10 heteroatoms. The number of H-pyrrole nitrogens is 1. The fraction of sp³-hybridized carbons (Fsp3) is 0.163. The van der Waals surface area contributed by atoms with E-state index in [1.807, 2.05) is 109 Å². The Morgan fingerprint density at radius 2 is 1.23 bits per heavy atom. The van der Waals surface area contributed by atoms with Gasteiger partial charge >= 0.3 is 5.97 Å². The number of methoxy groups -OCH3 is 2. The lowest BCUT2D eigenvalue weighted by Gasteiger charge is -2.37. The number of fused-ring (bicyclic) bond motifs is 1. The van der Waals surface area contributed by atoms with Gasteiger partial charge in [0.05, 0.1) is 20.6 Å². The third-order valence-electron chi connectivity index (χ3n) is 9.21. The molecule has 1 heterocycles. The zero-order valence-corrected chi connectivity index (χ0v) is 29.4. The number of esters is 1. The smallest absolute Gasteiger partial charge is 0.328 e. The second-order valence-electron chi connectivity index (χ2n) is 12.5. The number of rotatable bonds is 14. The van der Waals surface area contributed by atoms with E-state index in [9.17, 15) is 19.2 Å². The first kappa shape index (κ1) is 36.1. The van der Waals surface area contributed by atoms with Gasteiger partial charge in [-0.05, 0) is 52.6 Å². The Bertz CT molecular complexity index is 2130. The van der Waals surface area contributed by atoms with Crippen LogP contribution in [0.2, 0.25) is 0 Å². The van der Waals surface area contributed by atoms with Crippen molar-refractivity contribution in [2.75, 3.05) is 14.2 Å². The zero-order chi connectivity index (χ0) is 37.2. The molecule has 5 aromatic carbocycles. The molecule has 0 spiro atoms. The van der Waals surface area contributed by atoms with Crippen LogP contribution in [0.3, 0.4) is 0 Å². The van der Waals surface area contributed by atoms with Gasteiger partial charge in [-0.25, -0.2) is 4.79 Å². The SMILES string of the molecule is COC(=O)[C@H](CC(=O)NC(c1ccccc1)(c1ccccc1)c1ccc(OC)cc1)NC(=O)[C@H](Cc1c[nH]c2ccccc12)NC(=O)c1ccccc1. The van der Waals surface area contributed by atoms with Gasteiger partial charge in [-0.3, -0.25) is 14.4 Å². The van der Waals surface area contributed by atoms with E-state index in [-0.39, 0.29) is 6.42 Å². The lowest BCUT2D eigenvalue weighted by Crippen LogP contribution is -2.55. The summed E-state index contributed by atoms with van der Waals surface area (Å²) < 4.78 is 10.5. The van der Waals surface area contributed by atoms with Gasteiger partial charge in [-0.15, -0.1) is 0 Å². The molecule has 0 unspecified atom stereocenters. The third-order valence-corrected chi connectivity index (χ3v) is 9.21. The average Bonchev–Trinajstić information content (AvgIpc) is 3.62. The van der Waals surface area contributed by atoms with Crippen molar-refractivity contribution in [1.82, 2.24) is 20.9 Å². The molecule has 268 valence electrons. The van der Waals surface area contributed by atoms with Crippen LogP contribution in [0.1, 0.15) is 39.0 Å². The highest BCUT2D eigenvalue weighted by atomic mass is 16.5. The summed E-state index contributed by atoms with van der Waals surface area (Å²) in [5, 5.41) is 9.67. The van der Waals surface area contributed by atoms with E-state index < -0.39 is 47.7 Å². The number of carbonyl (C=O) groups is 4. The van der Waals surface area contributed by atoms with E-state index in [1.165, 1.54) is 7.11 Å². The van der Waals surface area contributed by atoms with E-state index in [0.717, 1.165) is 33.2 Å². The molecule has 0 bridgehead atoms. The van der Waals surface area contributed by atoms with Crippen LogP contribution in [0.15, 0.2) is 146 Å². The molecule has 0 aliphatic carbocycles. The maximum absolute atomic E-state index is 14.3. The van der Waals surface area contributed by atoms with Crippen molar-refractivity contribution in [3.8, 4) is 5.75 Å². The van der Waals surface area contributed by atoms with Crippen LogP contribution in [0, 0.1) is 0 Å². The van der Waals surface area contributed by atoms with Gasteiger partial charge in [0, 0.05) is 29.1 Å². The number of hydrogen-bond donors (Lipinski definition) is 4. The van der Waals surface area contributed by atoms with E-state index in [2.05, 4.69) is 20.9 Å². The lowest BCUT2D eigenvalue weighted by molar-refractivity contribution is -0.147. The quantitative estimate of drug-likeness (QED) is 0.0850. The Morgan fingerprint density at radius 1 is 0.660 bits per heavy atom. The Balaban J connectivity index is 1.31. The maximum atomic E-state index is 14.3. The third kappa shape index (κ3) is 8.12. The first-order chi connectivity index (χ1) is 25.8. The molecule has 4 N–H and O–H groups in total. The molecule has 0 aliphatic heterocycles. The number of nitrogens with one attached hydrogen (secondary N) is 4. The highest BCUT2D eigenvalue weighted by Crippen LogP contribution is 2.37. The molecule has 6 aromatic rings. The number of ether oxygens (including phenoxy) is 2. The van der Waals surface area contributed by atoms with E-state index in [4.69, 9.17) is 9.47 Å². The number of carbonyl (C=O) groups excluding carboxylic acids is 4. The van der Waals surface area contributed by atoms with Crippen molar-refractivity contribution >= 4 is 34.6 Å². The summed E-state index contributed by atoms with van der Waals surface area (Å²) in [5.41, 5.74) is 3.11. The maximum Gasteiger partial charge on any atom is 0.328 e. The minimum Gasteiger partial charge on any atom is -0.497 e. The van der Waals surface area contributed by atoms with Crippen molar-refractivity contribution in [3.63, 3.8) is 0 Å². The van der Waals surface area contributed by atoms with Crippen LogP contribution in [-0.2, 0) is 31.1 Å². The number of hydrogen-bond acceptors (Lipinski definition) is 6. The minimum absolute atomic E-state index is 0.108. The lowest BCUT2D eigenvalue weighted by atomic mass is 9.76. The van der Waals surface area contributed by atoms with Crippen molar-refractivity contribution in [1.29, 1.82) is 0 Å². The minimum atomic E-state index is -1.38. The van der Waals surface area contributed by atoms with Gasteiger partial charge in [0.2, 0.25) is 11.8 Å². The first-order valence-corrected chi connectivity index (χ1v) is 17.2. The Kier molecular flexibility index (Phi) is 11.3. The number of aromatic amines is 1. The number of amides is 3. The van der Waals surface area contributed by atoms with Crippen molar-refractivity contribution in [2.24, 2.45) is 0 Å². The highest BCUT2D eigenvalue weighted by Gasteiger charge is 2.39. The predicted octanol–water partition coefficient (Wildman–Crippen LogP) is 5.67. The van der Waals surface area contributed by atoms with Gasteiger partial charge < -0.3 is 30.4 Å². The van der Waals surface area contributed by atoms with Gasteiger partial charge in [-0.1, -0.05) is 109 Å². The van der Waals surface area contributed by atoms with Crippen LogP contribution in [-0.4, -0.2) is 55.0 Å². The molecule has 6 rings (SSSR count). The van der Waals surface area contributed by atoms with Crippen LogP contribution in [0.5, 0.6) is 5.75 Å². The molecular weight excluding hydrogens is 668 g/mol. The van der Waals surface area contributed by atoms with Crippen LogP contribution < -0.4 is 20.7 Å². The molecule has 3 amide bonds. The molecule has 0 aliphatic rings. The molecule has 53 heavy (non-hydrogen) atoms. The standard InChI is InChI=1S/C43H40N4O6/c1-52-34-24-22-33(23-25-34)43(31-16-8-4-9-17-31,32-18-10-5-11-19-32)47-39(48)27-38(42(51)53-2)46-41(50)37(45-40(49)29-14-6-3-7-15-29)26-30-28-44-36-21-13-12-20-35(30)36/h3-25,28,37-38,44H,26-27H2,1-2H3,(H,45,49)(H,46,50)(H,47,48)/t37-,38-/m0/s1. The summed E-state index contributed by atoms with van der Waals surface area (Å²) in [7, 11) is 2.77. The highest BCUT2D eigenvalue weighted by molar-refractivity contribution is 5.99. The van der Waals surface area contributed by atoms with Gasteiger partial charge in [0.25, 0.3) is 5.91 Å². The molecule has 2 atom stereocenters. The van der Waals surface area contributed by atoms with Gasteiger partial charge in [-0.2, -0.15) is 0 Å². The van der Waals surface area contributed by atoms with E-state index in [1.54, 1.807) is 43.6 Å². The number of aromatic nitrogens is 1. The van der Waals surface area contributed by atoms with E-state index in [0.29, 0.717) is 11.3 Å². The molecular formula is C43H40N4O6. The molecule has 0 saturated carbocycles. The topological polar surface area (TPSA) is 139 Å². The molecule has 0 saturated heterocycles. The monoisotopic (exact) mass is 708 g/mol. The largest absolute Gasteiger partial charge is 0.497 e. The summed E-state index contributed by atoms with van der Waals surface area (Å²) in [6, 6.07) is 40.1. The Morgan fingerprint density at radius 3 is 1.83 bits per heavy atom. The number of para-hydroxylation sites is 1. The molecule has 1 aromatic heterocycles. The Hall–Kier alpha value is -6.68. The normalized spacial score (nSPS) is 12.3. The van der Waals surface area contributed by atoms with Gasteiger partial charge in [0.1, 0.15) is 23.4 Å². The average molecular weight is 709 g/mol. The molecule has 0 radical (unpaired) electrons. The van der Waals surface area contributed by atoms with Crippen LogP contribution in [0.25, 0.3) is 10.9 Å². The number of benzene rings is 5. The van der Waals surface area contributed by atoms with Crippen molar-refractivity contribution in [2.45, 2.75) is 30.5 Å². The molecule has 10 nitrogen and oxygen atoms in total. The summed E-state index contributed by atoms with van der Waals surface area (Å²) in [5.74, 6) is -1.83. The zero-order valence-electron chi connectivity index (χ0n) is 29.4. The molecule has 0 fully saturated rings. The fourth-order valence-corrected chi connectivity index (χ4v) is 6.55. The summed E-state index contributed by atoms with van der Waals surface area (Å²) in [6.45, 7) is 0. The summed E-state index contributed by atoms with van der Waals surface area (Å²) in [6.07, 6.45) is 1.44. The predicted molar refractivity (Wildman–Crippen MR) is 202 cm³/mol. The second kappa shape index (κ2) is 16.6. The van der Waals surface area contributed by atoms with Crippen LogP contribution in [0.4, 0.5) is 0 Å². The first-order valence-electron chi connectivity index (χ1n) is 17.2. The van der Waals surface area contributed by atoms with Gasteiger partial charge in [0.15, 0.2) is 0 Å². The summed E-state index contributed by atoms with van der Waals surface area (Å²) in [4.78, 5) is 58.2. The summed E-state index contributed by atoms with van der Waals surface area (Å²) >= 11 is 0. The van der Waals surface area contributed by atoms with Crippen LogP contribution >= 0.6 is 0 Å².